The lowest BCUT2D eigenvalue weighted by atomic mass is 10.4. The Morgan fingerprint density at radius 3 is 2.81 bits per heavy atom. The second-order valence-electron chi connectivity index (χ2n) is 4.68. The normalized spacial score (nSPS) is 11.4. The number of aromatic nitrogens is 1. The highest BCUT2D eigenvalue weighted by Gasteiger charge is 2.10. The Morgan fingerprint density at radius 2 is 2.29 bits per heavy atom. The fourth-order valence-electron chi connectivity index (χ4n) is 1.87. The van der Waals surface area contributed by atoms with E-state index in [0.717, 1.165) is 23.5 Å². The Hall–Kier alpha value is -1.50. The van der Waals surface area contributed by atoms with Crippen LogP contribution < -0.4 is 5.32 Å². The average molecular weight is 359 g/mol. The number of halogens is 1. The van der Waals surface area contributed by atoms with Crippen LogP contribution in [0.1, 0.15) is 19.0 Å². The fraction of sp³-hybridized carbons (Fsp3) is 0.571. The number of rotatable bonds is 6. The lowest BCUT2D eigenvalue weighted by molar-refractivity contribution is -0.140. The van der Waals surface area contributed by atoms with Crippen LogP contribution in [0.4, 0.5) is 0 Å². The zero-order valence-corrected chi connectivity index (χ0v) is 14.6. The minimum Gasteiger partial charge on any atom is -0.469 e. The summed E-state index contributed by atoms with van der Waals surface area (Å²) in [4.78, 5) is 17.6. The Kier molecular flexibility index (Phi) is 7.28. The SMILES string of the molecule is CCNC(=NCCC(=O)OC)N(C)Cc1cc(Br)cn1C. The molecule has 0 radical (unpaired) electrons. The molecule has 0 saturated carbocycles. The quantitative estimate of drug-likeness (QED) is 0.478. The Balaban J connectivity index is 2.68. The highest BCUT2D eigenvalue weighted by atomic mass is 79.9. The summed E-state index contributed by atoms with van der Waals surface area (Å²) in [6.45, 7) is 3.93. The van der Waals surface area contributed by atoms with Gasteiger partial charge in [0.1, 0.15) is 0 Å². The van der Waals surface area contributed by atoms with Gasteiger partial charge in [-0.1, -0.05) is 0 Å². The first-order valence-electron chi connectivity index (χ1n) is 6.85. The lowest BCUT2D eigenvalue weighted by Gasteiger charge is -2.22. The monoisotopic (exact) mass is 358 g/mol. The Bertz CT molecular complexity index is 499. The van der Waals surface area contributed by atoms with Gasteiger partial charge in [0.2, 0.25) is 0 Å². The van der Waals surface area contributed by atoms with Gasteiger partial charge >= 0.3 is 5.97 Å². The number of carbonyl (C=O) groups is 1. The third kappa shape index (κ3) is 5.79. The zero-order valence-electron chi connectivity index (χ0n) is 13.0. The Morgan fingerprint density at radius 1 is 1.57 bits per heavy atom. The number of aliphatic imine (C=N–C) groups is 1. The van der Waals surface area contributed by atoms with E-state index in [1.807, 2.05) is 32.1 Å². The molecule has 0 fully saturated rings. The molecule has 1 N–H and O–H groups in total. The second-order valence-corrected chi connectivity index (χ2v) is 5.59. The summed E-state index contributed by atoms with van der Waals surface area (Å²) >= 11 is 3.47. The van der Waals surface area contributed by atoms with Crippen LogP contribution >= 0.6 is 15.9 Å². The maximum Gasteiger partial charge on any atom is 0.307 e. The molecule has 7 heteroatoms. The van der Waals surface area contributed by atoms with Crippen LogP contribution in [0.2, 0.25) is 0 Å². The predicted octanol–water partition coefficient (Wildman–Crippen LogP) is 1.75. The van der Waals surface area contributed by atoms with E-state index >= 15 is 0 Å². The van der Waals surface area contributed by atoms with Gasteiger partial charge in [0.25, 0.3) is 0 Å². The van der Waals surface area contributed by atoms with E-state index in [9.17, 15) is 4.79 Å². The largest absolute Gasteiger partial charge is 0.469 e. The summed E-state index contributed by atoms with van der Waals surface area (Å²) in [5.41, 5.74) is 1.17. The van der Waals surface area contributed by atoms with E-state index < -0.39 is 0 Å². The summed E-state index contributed by atoms with van der Waals surface area (Å²) < 4.78 is 7.74. The molecule has 0 amide bonds. The van der Waals surface area contributed by atoms with E-state index in [1.54, 1.807) is 0 Å². The van der Waals surface area contributed by atoms with E-state index in [0.29, 0.717) is 6.54 Å². The molecule has 1 aromatic heterocycles. The number of guanidine groups is 1. The summed E-state index contributed by atoms with van der Waals surface area (Å²) in [7, 11) is 5.37. The molecule has 1 rings (SSSR count). The molecule has 0 spiro atoms. The van der Waals surface area contributed by atoms with Crippen molar-refractivity contribution in [1.82, 2.24) is 14.8 Å². The van der Waals surface area contributed by atoms with Crippen molar-refractivity contribution in [2.45, 2.75) is 19.9 Å². The number of methoxy groups -OCH3 is 1. The molecule has 1 aromatic rings. The summed E-state index contributed by atoms with van der Waals surface area (Å²) in [5, 5.41) is 3.22. The standard InChI is InChI=1S/C14H23BrN4O2/c1-5-16-14(17-7-6-13(20)21-4)19(3)10-12-8-11(15)9-18(12)2/h8-9H,5-7,10H2,1-4H3,(H,16,17). The number of esters is 1. The van der Waals surface area contributed by atoms with E-state index in [-0.39, 0.29) is 12.4 Å². The second kappa shape index (κ2) is 8.71. The highest BCUT2D eigenvalue weighted by molar-refractivity contribution is 9.10. The zero-order chi connectivity index (χ0) is 15.8. The van der Waals surface area contributed by atoms with Gasteiger partial charge < -0.3 is 19.5 Å². The minimum atomic E-state index is -0.247. The van der Waals surface area contributed by atoms with E-state index in [1.165, 1.54) is 12.8 Å². The molecule has 0 atom stereocenters. The van der Waals surface area contributed by atoms with Crippen LogP contribution in [0.5, 0.6) is 0 Å². The number of ether oxygens (including phenoxy) is 1. The number of nitrogens with one attached hydrogen (secondary N) is 1. The Labute approximate surface area is 134 Å². The highest BCUT2D eigenvalue weighted by Crippen LogP contribution is 2.14. The molecule has 0 aliphatic rings. The maximum absolute atomic E-state index is 11.1. The summed E-state index contributed by atoms with van der Waals surface area (Å²) in [6, 6.07) is 2.08. The van der Waals surface area contributed by atoms with Gasteiger partial charge in [-0.05, 0) is 28.9 Å². The first kappa shape index (κ1) is 17.6. The molecule has 0 saturated heterocycles. The fourth-order valence-corrected chi connectivity index (χ4v) is 2.44. The van der Waals surface area contributed by atoms with Crippen LogP contribution in [0.3, 0.4) is 0 Å². The molecule has 118 valence electrons. The molecule has 0 bridgehead atoms. The minimum absolute atomic E-state index is 0.247. The van der Waals surface area contributed by atoms with Gasteiger partial charge in [-0.2, -0.15) is 0 Å². The van der Waals surface area contributed by atoms with Crippen LogP contribution in [0.15, 0.2) is 21.7 Å². The molecule has 1 heterocycles. The molecule has 0 aliphatic heterocycles. The van der Waals surface area contributed by atoms with Gasteiger partial charge in [-0.25, -0.2) is 0 Å². The smallest absolute Gasteiger partial charge is 0.307 e. The van der Waals surface area contributed by atoms with Crippen molar-refractivity contribution in [2.24, 2.45) is 12.0 Å². The van der Waals surface area contributed by atoms with Crippen LogP contribution in [0, 0.1) is 0 Å². The predicted molar refractivity (Wildman–Crippen MR) is 87.2 cm³/mol. The first-order chi connectivity index (χ1) is 9.97. The van der Waals surface area contributed by atoms with Crippen molar-refractivity contribution in [3.8, 4) is 0 Å². The third-order valence-corrected chi connectivity index (χ3v) is 3.41. The molecule has 0 aliphatic carbocycles. The topological polar surface area (TPSA) is 58.9 Å². The number of nitrogens with zero attached hydrogens (tertiary/aromatic N) is 3. The van der Waals surface area contributed by atoms with Crippen molar-refractivity contribution in [3.05, 3.63) is 22.4 Å². The van der Waals surface area contributed by atoms with Crippen LogP contribution in [-0.2, 0) is 23.1 Å². The average Bonchev–Trinajstić information content (AvgIpc) is 2.75. The van der Waals surface area contributed by atoms with Crippen molar-refractivity contribution in [3.63, 3.8) is 0 Å². The van der Waals surface area contributed by atoms with Crippen LogP contribution in [0.25, 0.3) is 0 Å². The lowest BCUT2D eigenvalue weighted by Crippen LogP contribution is -2.39. The maximum atomic E-state index is 11.1. The van der Waals surface area contributed by atoms with Crippen LogP contribution in [-0.4, -0.2) is 48.6 Å². The number of carbonyl (C=O) groups excluding carboxylic acids is 1. The van der Waals surface area contributed by atoms with Crippen molar-refractivity contribution < 1.29 is 9.53 Å². The van der Waals surface area contributed by atoms with Crippen molar-refractivity contribution in [1.29, 1.82) is 0 Å². The number of aryl methyl sites for hydroxylation is 1. The molecular formula is C14H23BrN4O2. The third-order valence-electron chi connectivity index (χ3n) is 2.98. The first-order valence-corrected chi connectivity index (χ1v) is 7.64. The van der Waals surface area contributed by atoms with Gasteiger partial charge in [-0.3, -0.25) is 9.79 Å². The van der Waals surface area contributed by atoms with E-state index in [2.05, 4.69) is 41.6 Å². The van der Waals surface area contributed by atoms with Gasteiger partial charge in [0.05, 0.1) is 26.6 Å². The van der Waals surface area contributed by atoms with Gasteiger partial charge in [0, 0.05) is 37.0 Å². The molecule has 0 unspecified atom stereocenters. The number of hydrogen-bond acceptors (Lipinski definition) is 3. The van der Waals surface area contributed by atoms with Gasteiger partial charge in [0.15, 0.2) is 5.96 Å². The summed E-state index contributed by atoms with van der Waals surface area (Å²) in [6.07, 6.45) is 2.30. The van der Waals surface area contributed by atoms with Crippen molar-refractivity contribution in [2.75, 3.05) is 27.2 Å². The number of hydrogen-bond donors (Lipinski definition) is 1. The van der Waals surface area contributed by atoms with Crippen molar-refractivity contribution >= 4 is 27.9 Å². The molecule has 6 nitrogen and oxygen atoms in total. The molecule has 21 heavy (non-hydrogen) atoms. The molecule has 0 aromatic carbocycles. The molecular weight excluding hydrogens is 336 g/mol. The van der Waals surface area contributed by atoms with E-state index in [4.69, 9.17) is 0 Å². The summed E-state index contributed by atoms with van der Waals surface area (Å²) in [5.74, 6) is 0.530. The van der Waals surface area contributed by atoms with Gasteiger partial charge in [-0.15, -0.1) is 0 Å².